The molecule has 0 fully saturated rings. The lowest BCUT2D eigenvalue weighted by Gasteiger charge is -2.26. The van der Waals surface area contributed by atoms with Crippen LogP contribution in [0.4, 0.5) is 17.1 Å². The zero-order chi connectivity index (χ0) is 27.9. The van der Waals surface area contributed by atoms with E-state index in [1.54, 1.807) is 0 Å². The summed E-state index contributed by atoms with van der Waals surface area (Å²) in [6, 6.07) is 58.0. The quantitative estimate of drug-likeness (QED) is 0.217. The number of hydrogen-bond acceptors (Lipinski definition) is 2. The van der Waals surface area contributed by atoms with Gasteiger partial charge in [0.1, 0.15) is 11.2 Å². The predicted octanol–water partition coefficient (Wildman–Crippen LogP) is 11.5. The third-order valence-corrected chi connectivity index (χ3v) is 8.04. The molecule has 0 unspecified atom stereocenters. The Morgan fingerprint density at radius 3 is 1.81 bits per heavy atom. The number of benzene rings is 7. The molecule has 0 spiro atoms. The van der Waals surface area contributed by atoms with Crippen LogP contribution in [0.25, 0.3) is 55.0 Å². The Hall–Kier alpha value is -5.60. The van der Waals surface area contributed by atoms with Crippen molar-refractivity contribution in [2.45, 2.75) is 0 Å². The van der Waals surface area contributed by atoms with E-state index in [4.69, 9.17) is 4.42 Å². The maximum absolute atomic E-state index is 6.21. The van der Waals surface area contributed by atoms with Crippen molar-refractivity contribution >= 4 is 49.8 Å². The fourth-order valence-corrected chi connectivity index (χ4v) is 6.04. The second-order valence-electron chi connectivity index (χ2n) is 10.6. The van der Waals surface area contributed by atoms with Crippen molar-refractivity contribution in [1.82, 2.24) is 0 Å². The standard InChI is InChI=1S/C40H27NO/c1-2-15-32(16-3-1)41(34-18-9-14-31(26-34)36-21-10-12-28-11-4-5-19-35(28)36)33-17-8-13-29(25-33)30-23-24-38-37-20-6-7-22-39(37)42-40(38)27-30/h1-27H. The predicted molar refractivity (Wildman–Crippen MR) is 177 cm³/mol. The minimum atomic E-state index is 0.904. The molecule has 0 N–H and O–H groups in total. The molecule has 0 radical (unpaired) electrons. The molecule has 1 aromatic heterocycles. The van der Waals surface area contributed by atoms with Crippen molar-refractivity contribution in [2.24, 2.45) is 0 Å². The molecule has 0 saturated carbocycles. The van der Waals surface area contributed by atoms with Gasteiger partial charge in [-0.15, -0.1) is 0 Å². The summed E-state index contributed by atoms with van der Waals surface area (Å²) in [6.45, 7) is 0. The van der Waals surface area contributed by atoms with Gasteiger partial charge in [-0.2, -0.15) is 0 Å². The largest absolute Gasteiger partial charge is 0.456 e. The molecule has 2 heteroatoms. The van der Waals surface area contributed by atoms with E-state index in [2.05, 4.69) is 157 Å². The van der Waals surface area contributed by atoms with E-state index in [0.717, 1.165) is 50.1 Å². The lowest BCUT2D eigenvalue weighted by atomic mass is 9.97. The molecule has 0 bridgehead atoms. The third kappa shape index (κ3) is 4.22. The van der Waals surface area contributed by atoms with Gasteiger partial charge in [-0.3, -0.25) is 0 Å². The lowest BCUT2D eigenvalue weighted by molar-refractivity contribution is 0.669. The summed E-state index contributed by atoms with van der Waals surface area (Å²) in [5, 5.41) is 4.79. The third-order valence-electron chi connectivity index (χ3n) is 8.04. The van der Waals surface area contributed by atoms with Crippen LogP contribution >= 0.6 is 0 Å². The SMILES string of the molecule is c1ccc(N(c2cccc(-c3ccc4c(c3)oc3ccccc34)c2)c2cccc(-c3cccc4ccccc34)c2)cc1. The highest BCUT2D eigenvalue weighted by molar-refractivity contribution is 6.06. The molecule has 8 rings (SSSR count). The molecule has 0 saturated heterocycles. The fraction of sp³-hybridized carbons (Fsp3) is 0. The van der Waals surface area contributed by atoms with E-state index in [1.165, 1.54) is 21.9 Å². The Labute approximate surface area is 244 Å². The first-order valence-electron chi connectivity index (χ1n) is 14.3. The van der Waals surface area contributed by atoms with Gasteiger partial charge in [0.2, 0.25) is 0 Å². The van der Waals surface area contributed by atoms with E-state index in [9.17, 15) is 0 Å². The number of fused-ring (bicyclic) bond motifs is 4. The van der Waals surface area contributed by atoms with Crippen LogP contribution in [0.3, 0.4) is 0 Å². The Kier molecular flexibility index (Phi) is 5.82. The Morgan fingerprint density at radius 2 is 0.952 bits per heavy atom. The van der Waals surface area contributed by atoms with Crippen molar-refractivity contribution in [3.8, 4) is 22.3 Å². The zero-order valence-corrected chi connectivity index (χ0v) is 22.9. The molecule has 198 valence electrons. The van der Waals surface area contributed by atoms with Crippen LogP contribution < -0.4 is 4.90 Å². The number of nitrogens with zero attached hydrogens (tertiary/aromatic N) is 1. The van der Waals surface area contributed by atoms with Crippen LogP contribution in [0.2, 0.25) is 0 Å². The van der Waals surface area contributed by atoms with Crippen LogP contribution in [0.15, 0.2) is 168 Å². The highest BCUT2D eigenvalue weighted by Gasteiger charge is 2.15. The van der Waals surface area contributed by atoms with Crippen molar-refractivity contribution in [3.05, 3.63) is 164 Å². The van der Waals surface area contributed by atoms with E-state index < -0.39 is 0 Å². The van der Waals surface area contributed by atoms with Crippen LogP contribution in [-0.4, -0.2) is 0 Å². The van der Waals surface area contributed by atoms with Gasteiger partial charge < -0.3 is 9.32 Å². The Balaban J connectivity index is 1.25. The van der Waals surface area contributed by atoms with E-state index in [0.29, 0.717) is 0 Å². The van der Waals surface area contributed by atoms with Gasteiger partial charge in [-0.1, -0.05) is 109 Å². The van der Waals surface area contributed by atoms with Gasteiger partial charge in [0.15, 0.2) is 0 Å². The average molecular weight is 538 g/mol. The maximum atomic E-state index is 6.21. The van der Waals surface area contributed by atoms with E-state index in [-0.39, 0.29) is 0 Å². The lowest BCUT2D eigenvalue weighted by Crippen LogP contribution is -2.10. The normalized spacial score (nSPS) is 11.3. The number of hydrogen-bond donors (Lipinski definition) is 0. The molecule has 7 aromatic carbocycles. The molecule has 0 aliphatic carbocycles. The maximum Gasteiger partial charge on any atom is 0.136 e. The first-order chi connectivity index (χ1) is 20.8. The summed E-state index contributed by atoms with van der Waals surface area (Å²) < 4.78 is 6.21. The summed E-state index contributed by atoms with van der Waals surface area (Å²) in [7, 11) is 0. The molecule has 0 amide bonds. The topological polar surface area (TPSA) is 16.4 Å². The van der Waals surface area contributed by atoms with Crippen LogP contribution in [0.1, 0.15) is 0 Å². The highest BCUT2D eigenvalue weighted by atomic mass is 16.3. The summed E-state index contributed by atoms with van der Waals surface area (Å²) in [6.07, 6.45) is 0. The molecular weight excluding hydrogens is 510 g/mol. The molecule has 8 aromatic rings. The molecule has 0 aliphatic heterocycles. The molecule has 1 heterocycles. The average Bonchev–Trinajstić information content (AvgIpc) is 3.43. The van der Waals surface area contributed by atoms with Gasteiger partial charge in [-0.05, 0) is 87.6 Å². The summed E-state index contributed by atoms with van der Waals surface area (Å²) in [5.74, 6) is 0. The van der Waals surface area contributed by atoms with Crippen molar-refractivity contribution in [1.29, 1.82) is 0 Å². The molecule has 42 heavy (non-hydrogen) atoms. The Morgan fingerprint density at radius 1 is 0.357 bits per heavy atom. The van der Waals surface area contributed by atoms with Crippen molar-refractivity contribution < 1.29 is 4.42 Å². The van der Waals surface area contributed by atoms with Crippen molar-refractivity contribution in [3.63, 3.8) is 0 Å². The van der Waals surface area contributed by atoms with Gasteiger partial charge >= 0.3 is 0 Å². The van der Waals surface area contributed by atoms with Gasteiger partial charge in [0.25, 0.3) is 0 Å². The zero-order valence-electron chi connectivity index (χ0n) is 22.9. The van der Waals surface area contributed by atoms with Crippen molar-refractivity contribution in [2.75, 3.05) is 4.90 Å². The fourth-order valence-electron chi connectivity index (χ4n) is 6.04. The molecular formula is C40H27NO. The van der Waals surface area contributed by atoms with Crippen LogP contribution in [0, 0.1) is 0 Å². The molecule has 0 aliphatic rings. The Bertz CT molecular complexity index is 2200. The smallest absolute Gasteiger partial charge is 0.136 e. The van der Waals surface area contributed by atoms with Gasteiger partial charge in [-0.25, -0.2) is 0 Å². The van der Waals surface area contributed by atoms with Crippen LogP contribution in [-0.2, 0) is 0 Å². The summed E-state index contributed by atoms with van der Waals surface area (Å²) in [4.78, 5) is 2.33. The number of para-hydroxylation sites is 2. The van der Waals surface area contributed by atoms with Gasteiger partial charge in [0, 0.05) is 27.8 Å². The minimum Gasteiger partial charge on any atom is -0.456 e. The summed E-state index contributed by atoms with van der Waals surface area (Å²) >= 11 is 0. The highest BCUT2D eigenvalue weighted by Crippen LogP contribution is 2.40. The first kappa shape index (κ1) is 24.2. The second kappa shape index (κ2) is 10.1. The van der Waals surface area contributed by atoms with Gasteiger partial charge in [0.05, 0.1) is 0 Å². The monoisotopic (exact) mass is 537 g/mol. The minimum absolute atomic E-state index is 0.904. The van der Waals surface area contributed by atoms with E-state index >= 15 is 0 Å². The number of anilines is 3. The van der Waals surface area contributed by atoms with E-state index in [1.807, 2.05) is 12.1 Å². The first-order valence-corrected chi connectivity index (χ1v) is 14.3. The number of rotatable bonds is 5. The second-order valence-corrected chi connectivity index (χ2v) is 10.6. The number of furan rings is 1. The molecule has 2 nitrogen and oxygen atoms in total. The molecule has 0 atom stereocenters. The summed E-state index contributed by atoms with van der Waals surface area (Å²) in [5.41, 5.74) is 9.82. The van der Waals surface area contributed by atoms with Crippen LogP contribution in [0.5, 0.6) is 0 Å².